The first-order valence-corrected chi connectivity index (χ1v) is 11.8. The number of rotatable bonds is 6. The Hall–Kier alpha value is -3.23. The molecule has 0 unspecified atom stereocenters. The van der Waals surface area contributed by atoms with Gasteiger partial charge in [-0.05, 0) is 60.4 Å². The van der Waals surface area contributed by atoms with Crippen LogP contribution in [0, 0.1) is 0 Å². The Morgan fingerprint density at radius 3 is 2.76 bits per heavy atom. The van der Waals surface area contributed by atoms with Gasteiger partial charge in [-0.2, -0.15) is 0 Å². The van der Waals surface area contributed by atoms with E-state index in [1.54, 1.807) is 11.8 Å². The number of aromatic nitrogens is 3. The molecule has 5 rings (SSSR count). The van der Waals surface area contributed by atoms with E-state index in [1.807, 2.05) is 19.3 Å². The second-order valence-corrected chi connectivity index (χ2v) is 9.09. The molecule has 1 aliphatic heterocycles. The summed E-state index contributed by atoms with van der Waals surface area (Å²) < 4.78 is 12.7. The van der Waals surface area contributed by atoms with Gasteiger partial charge in [0.25, 0.3) is 5.91 Å². The van der Waals surface area contributed by atoms with Gasteiger partial charge in [0.15, 0.2) is 0 Å². The van der Waals surface area contributed by atoms with Crippen LogP contribution in [-0.4, -0.2) is 58.5 Å². The molecular weight excluding hydrogens is 432 g/mol. The van der Waals surface area contributed by atoms with Crippen molar-refractivity contribution >= 4 is 5.91 Å². The molecule has 178 valence electrons. The predicted octanol–water partition coefficient (Wildman–Crippen LogP) is 2.45. The molecular formula is C26H30N4O4. The predicted molar refractivity (Wildman–Crippen MR) is 127 cm³/mol. The van der Waals surface area contributed by atoms with Crippen molar-refractivity contribution in [3.05, 3.63) is 64.3 Å². The molecule has 0 saturated carbocycles. The van der Waals surface area contributed by atoms with E-state index < -0.39 is 6.10 Å². The van der Waals surface area contributed by atoms with E-state index in [4.69, 9.17) is 9.47 Å². The molecule has 2 aromatic carbocycles. The Balaban J connectivity index is 1.43. The zero-order valence-corrected chi connectivity index (χ0v) is 19.6. The van der Waals surface area contributed by atoms with Gasteiger partial charge in [-0.15, -0.1) is 5.10 Å². The first kappa shape index (κ1) is 22.6. The molecule has 0 radical (unpaired) electrons. The fraction of sp³-hybridized carbons (Fsp3) is 0.423. The summed E-state index contributed by atoms with van der Waals surface area (Å²) in [5.74, 6) is 0.449. The Labute approximate surface area is 198 Å². The van der Waals surface area contributed by atoms with Crippen LogP contribution in [0.15, 0.2) is 36.5 Å². The van der Waals surface area contributed by atoms with Crippen molar-refractivity contribution in [3.8, 4) is 17.0 Å². The Morgan fingerprint density at radius 2 is 2.06 bits per heavy atom. The van der Waals surface area contributed by atoms with Crippen LogP contribution in [0.4, 0.5) is 0 Å². The second-order valence-electron chi connectivity index (χ2n) is 9.09. The number of hydrogen-bond acceptors (Lipinski definition) is 6. The number of nitrogens with zero attached hydrogens (tertiary/aromatic N) is 3. The van der Waals surface area contributed by atoms with E-state index in [0.717, 1.165) is 53.6 Å². The highest BCUT2D eigenvalue weighted by molar-refractivity contribution is 5.98. The van der Waals surface area contributed by atoms with Crippen LogP contribution in [0.3, 0.4) is 0 Å². The fourth-order valence-corrected chi connectivity index (χ4v) is 5.03. The van der Waals surface area contributed by atoms with Crippen molar-refractivity contribution in [3.63, 3.8) is 0 Å². The number of aliphatic hydroxyl groups excluding tert-OH is 1. The number of fused-ring (bicyclic) bond motifs is 1. The Morgan fingerprint density at radius 1 is 1.26 bits per heavy atom. The summed E-state index contributed by atoms with van der Waals surface area (Å²) in [7, 11) is 3.48. The highest BCUT2D eigenvalue weighted by Crippen LogP contribution is 2.37. The smallest absolute Gasteiger partial charge is 0.255 e. The number of ether oxygens (including phenoxy) is 2. The third-order valence-corrected chi connectivity index (χ3v) is 6.78. The van der Waals surface area contributed by atoms with Gasteiger partial charge < -0.3 is 19.9 Å². The van der Waals surface area contributed by atoms with Gasteiger partial charge in [0.2, 0.25) is 0 Å². The first-order chi connectivity index (χ1) is 16.5. The van der Waals surface area contributed by atoms with Crippen molar-refractivity contribution in [2.75, 3.05) is 20.3 Å². The van der Waals surface area contributed by atoms with Crippen molar-refractivity contribution in [2.24, 2.45) is 7.05 Å². The normalized spacial score (nSPS) is 19.6. The quantitative estimate of drug-likeness (QED) is 0.584. The summed E-state index contributed by atoms with van der Waals surface area (Å²) in [5, 5.41) is 21.4. The largest absolute Gasteiger partial charge is 0.496 e. The molecule has 8 nitrogen and oxygen atoms in total. The van der Waals surface area contributed by atoms with Crippen LogP contribution in [0.5, 0.6) is 5.75 Å². The minimum absolute atomic E-state index is 0.211. The van der Waals surface area contributed by atoms with Crippen LogP contribution in [0.1, 0.15) is 45.5 Å². The topological polar surface area (TPSA) is 98.5 Å². The maximum Gasteiger partial charge on any atom is 0.255 e. The molecule has 8 heteroatoms. The number of amides is 1. The van der Waals surface area contributed by atoms with Gasteiger partial charge in [-0.1, -0.05) is 29.5 Å². The minimum atomic E-state index is -0.703. The van der Waals surface area contributed by atoms with E-state index >= 15 is 0 Å². The molecule has 1 aromatic heterocycles. The van der Waals surface area contributed by atoms with Gasteiger partial charge >= 0.3 is 0 Å². The summed E-state index contributed by atoms with van der Waals surface area (Å²) >= 11 is 0. The third kappa shape index (κ3) is 4.43. The van der Waals surface area contributed by atoms with Crippen LogP contribution >= 0.6 is 0 Å². The molecule has 0 bridgehead atoms. The lowest BCUT2D eigenvalue weighted by Gasteiger charge is -2.29. The zero-order valence-electron chi connectivity index (χ0n) is 19.6. The van der Waals surface area contributed by atoms with Gasteiger partial charge in [0.1, 0.15) is 11.4 Å². The summed E-state index contributed by atoms with van der Waals surface area (Å²) in [6, 6.07) is 9.98. The van der Waals surface area contributed by atoms with Crippen LogP contribution in [0.25, 0.3) is 11.3 Å². The van der Waals surface area contributed by atoms with E-state index in [1.165, 1.54) is 5.56 Å². The Bertz CT molecular complexity index is 1190. The van der Waals surface area contributed by atoms with Gasteiger partial charge in [0, 0.05) is 19.2 Å². The highest BCUT2D eigenvalue weighted by Gasteiger charge is 2.29. The van der Waals surface area contributed by atoms with Crippen molar-refractivity contribution in [1.82, 2.24) is 20.3 Å². The molecule has 3 aromatic rings. The molecule has 1 saturated heterocycles. The second kappa shape index (κ2) is 9.56. The molecule has 1 amide bonds. The number of nitrogens with one attached hydrogen (secondary N) is 1. The van der Waals surface area contributed by atoms with E-state index in [0.29, 0.717) is 24.3 Å². The summed E-state index contributed by atoms with van der Waals surface area (Å²) in [4.78, 5) is 13.3. The molecule has 1 aliphatic carbocycles. The number of aliphatic hydroxyl groups is 1. The maximum absolute atomic E-state index is 13.3. The summed E-state index contributed by atoms with van der Waals surface area (Å²) in [5.41, 5.74) is 7.14. The zero-order chi connectivity index (χ0) is 23.7. The number of carbonyl (C=O) groups is 1. The number of methoxy groups -OCH3 is 1. The van der Waals surface area contributed by atoms with Gasteiger partial charge in [0.05, 0.1) is 37.6 Å². The summed E-state index contributed by atoms with van der Waals surface area (Å²) in [6.07, 6.45) is 5.45. The molecule has 2 N–H and O–H groups in total. The van der Waals surface area contributed by atoms with Crippen molar-refractivity contribution < 1.29 is 19.4 Å². The third-order valence-electron chi connectivity index (χ3n) is 6.78. The molecule has 2 atom stereocenters. The average Bonchev–Trinajstić information content (AvgIpc) is 3.50. The lowest BCUT2D eigenvalue weighted by molar-refractivity contribution is -0.0261. The number of carbonyl (C=O) groups excluding carboxylic acids is 1. The number of hydrogen-bond donors (Lipinski definition) is 2. The van der Waals surface area contributed by atoms with E-state index in [2.05, 4.69) is 39.9 Å². The SMILES string of the molecule is COc1c(C(=O)N[C@H]2CCOC[C@@H]2O)cc(Cc2ccc(-c3cn(C)nn3)cc2)c2c1CCC2. The highest BCUT2D eigenvalue weighted by atomic mass is 16.5. The van der Waals surface area contributed by atoms with E-state index in [9.17, 15) is 9.90 Å². The molecule has 2 heterocycles. The van der Waals surface area contributed by atoms with Crippen molar-refractivity contribution in [1.29, 1.82) is 0 Å². The van der Waals surface area contributed by atoms with E-state index in [-0.39, 0.29) is 18.6 Å². The lowest BCUT2D eigenvalue weighted by Crippen LogP contribution is -2.48. The fourth-order valence-electron chi connectivity index (χ4n) is 5.03. The van der Waals surface area contributed by atoms with Crippen molar-refractivity contribution in [2.45, 2.75) is 44.2 Å². The standard InChI is InChI=1S/C26H30N4O4/c1-30-14-23(28-29-30)17-8-6-16(7-9-17)12-18-13-21(25(33-2)20-5-3-4-19(18)20)26(32)27-22-10-11-34-15-24(22)31/h6-9,13-14,22,24,31H,3-5,10-12,15H2,1-2H3,(H,27,32)/t22-,24-/m0/s1. The number of aryl methyl sites for hydroxylation is 1. The molecule has 1 fully saturated rings. The number of benzene rings is 2. The molecule has 2 aliphatic rings. The maximum atomic E-state index is 13.3. The van der Waals surface area contributed by atoms with Gasteiger partial charge in [-0.3, -0.25) is 9.48 Å². The monoisotopic (exact) mass is 462 g/mol. The van der Waals surface area contributed by atoms with Crippen LogP contribution in [-0.2, 0) is 31.0 Å². The van der Waals surface area contributed by atoms with Crippen LogP contribution in [0.2, 0.25) is 0 Å². The average molecular weight is 463 g/mol. The lowest BCUT2D eigenvalue weighted by atomic mass is 9.92. The first-order valence-electron chi connectivity index (χ1n) is 11.8. The molecule has 34 heavy (non-hydrogen) atoms. The molecule has 0 spiro atoms. The summed E-state index contributed by atoms with van der Waals surface area (Å²) in [6.45, 7) is 0.765. The Kier molecular flexibility index (Phi) is 6.34. The minimum Gasteiger partial charge on any atom is -0.496 e. The van der Waals surface area contributed by atoms with Gasteiger partial charge in [-0.25, -0.2) is 0 Å². The van der Waals surface area contributed by atoms with Crippen LogP contribution < -0.4 is 10.1 Å².